The molecule has 0 bridgehead atoms. The summed E-state index contributed by atoms with van der Waals surface area (Å²) in [4.78, 5) is 23.5. The van der Waals surface area contributed by atoms with Crippen LogP contribution in [0, 0.1) is 0 Å². The molecule has 1 aliphatic heterocycles. The third kappa shape index (κ3) is 4.80. The predicted molar refractivity (Wildman–Crippen MR) is 124 cm³/mol. The van der Waals surface area contributed by atoms with E-state index in [0.29, 0.717) is 39.9 Å². The Kier molecular flexibility index (Phi) is 6.50. The molecule has 0 radical (unpaired) electrons. The van der Waals surface area contributed by atoms with Crippen LogP contribution < -0.4 is 10.2 Å². The first-order chi connectivity index (χ1) is 15.4. The monoisotopic (exact) mass is 470 g/mol. The largest absolute Gasteiger partial charge is 0.346 e. The smallest absolute Gasteiger partial charge is 0.259 e. The van der Waals surface area contributed by atoms with Gasteiger partial charge in [0.15, 0.2) is 5.05 Å². The highest BCUT2D eigenvalue weighted by Crippen LogP contribution is 2.30. The molecule has 0 spiro atoms. The zero-order valence-corrected chi connectivity index (χ0v) is 18.6. The molecule has 1 atom stereocenters. The molecule has 2 aromatic heterocycles. The Hall–Kier alpha value is -3.27. The molecule has 164 valence electrons. The number of rotatable bonds is 4. The number of morpholine rings is 1. The number of anilines is 2. The van der Waals surface area contributed by atoms with Gasteiger partial charge in [-0.3, -0.25) is 9.78 Å². The van der Waals surface area contributed by atoms with Crippen molar-refractivity contribution in [1.29, 1.82) is 0 Å². The lowest BCUT2D eigenvalue weighted by Crippen LogP contribution is -2.45. The van der Waals surface area contributed by atoms with E-state index in [2.05, 4.69) is 15.3 Å². The minimum Gasteiger partial charge on any atom is -0.346 e. The number of carbonyl (C=O) groups excluding carboxylic acids is 1. The Morgan fingerprint density at radius 1 is 1.16 bits per heavy atom. The third-order valence-corrected chi connectivity index (χ3v) is 5.74. The molecule has 3 aromatic rings. The number of nitrogens with one attached hydrogen (secondary N) is 1. The van der Waals surface area contributed by atoms with Gasteiger partial charge in [0.2, 0.25) is 10.3 Å². The molecule has 1 amide bonds. The molecule has 8 nitrogen and oxygen atoms in total. The molecule has 0 aliphatic carbocycles. The van der Waals surface area contributed by atoms with E-state index in [4.69, 9.17) is 16.3 Å². The number of benzene rings is 1. The molecule has 3 heterocycles. The maximum absolute atomic E-state index is 13.1. The summed E-state index contributed by atoms with van der Waals surface area (Å²) in [5.41, 5.74) is 2.23. The number of ether oxygens (including phenoxy) is 1. The third-order valence-electron chi connectivity index (χ3n) is 4.81. The van der Waals surface area contributed by atoms with Crippen LogP contribution in [0.4, 0.5) is 11.5 Å². The number of amides is 1. The quantitative estimate of drug-likeness (QED) is 0.584. The fourth-order valence-electron chi connectivity index (χ4n) is 3.43. The van der Waals surface area contributed by atoms with E-state index in [9.17, 15) is 13.2 Å². The lowest BCUT2D eigenvalue weighted by atomic mass is 10.1. The fraction of sp³-hybridized carbons (Fsp3) is 0.182. The normalized spacial score (nSPS) is 16.0. The predicted octanol–water partition coefficient (Wildman–Crippen LogP) is 3.28. The maximum atomic E-state index is 13.1. The molecular weight excluding hydrogens is 452 g/mol. The summed E-state index contributed by atoms with van der Waals surface area (Å²) in [5, 5.41) is 3.30. The maximum Gasteiger partial charge on any atom is 0.259 e. The van der Waals surface area contributed by atoms with Crippen LogP contribution in [0.3, 0.4) is 0 Å². The van der Waals surface area contributed by atoms with Crippen molar-refractivity contribution in [2.45, 2.75) is 13.0 Å². The topological polar surface area (TPSA) is 101 Å². The number of hydrogen-bond donors (Lipinski definition) is 1. The second-order valence-corrected chi connectivity index (χ2v) is 8.49. The molecule has 1 saturated heterocycles. The minimum absolute atomic E-state index is 0.00249. The van der Waals surface area contributed by atoms with Crippen LogP contribution in [-0.2, 0) is 15.0 Å². The Labute approximate surface area is 191 Å². The van der Waals surface area contributed by atoms with Crippen molar-refractivity contribution in [2.24, 2.45) is 0 Å². The highest BCUT2D eigenvalue weighted by Gasteiger charge is 2.27. The van der Waals surface area contributed by atoms with Crippen molar-refractivity contribution in [2.75, 3.05) is 23.3 Å². The summed E-state index contributed by atoms with van der Waals surface area (Å²) < 4.78 is 28.2. The average molecular weight is 471 g/mol. The van der Waals surface area contributed by atoms with E-state index >= 15 is 0 Å². The van der Waals surface area contributed by atoms with Crippen molar-refractivity contribution < 1.29 is 17.9 Å². The molecular formula is C22H19ClN4O4S. The van der Waals surface area contributed by atoms with Gasteiger partial charge in [-0.15, -0.1) is 0 Å². The van der Waals surface area contributed by atoms with Gasteiger partial charge in [-0.1, -0.05) is 17.7 Å². The molecule has 1 unspecified atom stereocenters. The standard InChI is InChI=1S/C22H19ClN4O4S/c1-14-12-27(13-20(31-14)32(29)30)21-16(5-4-10-25-21)22(28)26-15-7-8-18(23)17(11-15)19-6-2-3-9-24-19/h2-11,14H,12-13H2,1H3,(H,26,28). The van der Waals surface area contributed by atoms with Gasteiger partial charge in [-0.2, -0.15) is 8.42 Å². The molecule has 0 saturated carbocycles. The van der Waals surface area contributed by atoms with Gasteiger partial charge in [-0.05, 0) is 49.4 Å². The SMILES string of the molecule is CC1CN(c2ncccc2C(=O)Nc2ccc(Cl)c(-c3ccccn3)c2)CC(=S(=O)=O)O1. The van der Waals surface area contributed by atoms with Crippen molar-refractivity contribution in [3.8, 4) is 11.3 Å². The lowest BCUT2D eigenvalue weighted by molar-refractivity contribution is 0.102. The van der Waals surface area contributed by atoms with E-state index in [0.717, 1.165) is 0 Å². The lowest BCUT2D eigenvalue weighted by Gasteiger charge is -2.32. The number of nitrogens with zero attached hydrogens (tertiary/aromatic N) is 3. The highest BCUT2D eigenvalue weighted by atomic mass is 35.5. The van der Waals surface area contributed by atoms with E-state index in [1.807, 2.05) is 18.2 Å². The molecule has 32 heavy (non-hydrogen) atoms. The van der Waals surface area contributed by atoms with Crippen LogP contribution in [0.15, 0.2) is 60.9 Å². The molecule has 1 fully saturated rings. The second kappa shape index (κ2) is 9.47. The van der Waals surface area contributed by atoms with Crippen molar-refractivity contribution in [3.63, 3.8) is 0 Å². The van der Waals surface area contributed by atoms with Gasteiger partial charge in [0.1, 0.15) is 5.82 Å². The summed E-state index contributed by atoms with van der Waals surface area (Å²) in [7, 11) is -2.48. The summed E-state index contributed by atoms with van der Waals surface area (Å²) >= 11 is 6.33. The Morgan fingerprint density at radius 3 is 2.72 bits per heavy atom. The zero-order chi connectivity index (χ0) is 22.7. The fourth-order valence-corrected chi connectivity index (χ4v) is 4.15. The van der Waals surface area contributed by atoms with Crippen molar-refractivity contribution >= 4 is 44.4 Å². The van der Waals surface area contributed by atoms with E-state index in [-0.39, 0.29) is 23.6 Å². The first-order valence-corrected chi connectivity index (χ1v) is 11.2. The second-order valence-electron chi connectivity index (χ2n) is 7.15. The van der Waals surface area contributed by atoms with E-state index in [1.54, 1.807) is 54.5 Å². The van der Waals surface area contributed by atoms with Gasteiger partial charge < -0.3 is 15.0 Å². The van der Waals surface area contributed by atoms with Crippen LogP contribution in [0.2, 0.25) is 5.02 Å². The van der Waals surface area contributed by atoms with Crippen molar-refractivity contribution in [1.82, 2.24) is 9.97 Å². The Bertz CT molecular complexity index is 1290. The first kappa shape index (κ1) is 21.9. The summed E-state index contributed by atoms with van der Waals surface area (Å²) in [6, 6.07) is 13.9. The van der Waals surface area contributed by atoms with Crippen molar-refractivity contribution in [3.05, 3.63) is 71.5 Å². The minimum atomic E-state index is -2.48. The van der Waals surface area contributed by atoms with Crippen LogP contribution in [0.5, 0.6) is 0 Å². The van der Waals surface area contributed by atoms with Gasteiger partial charge in [0.05, 0.1) is 28.9 Å². The first-order valence-electron chi connectivity index (χ1n) is 9.76. The van der Waals surface area contributed by atoms with E-state index in [1.165, 1.54) is 0 Å². The van der Waals surface area contributed by atoms with Crippen LogP contribution >= 0.6 is 11.6 Å². The number of aromatic nitrogens is 2. The van der Waals surface area contributed by atoms with Gasteiger partial charge >= 0.3 is 0 Å². The summed E-state index contributed by atoms with van der Waals surface area (Å²) in [5.74, 6) is -0.00616. The molecule has 1 N–H and O–H groups in total. The Morgan fingerprint density at radius 2 is 1.97 bits per heavy atom. The van der Waals surface area contributed by atoms with Crippen LogP contribution in [0.1, 0.15) is 17.3 Å². The number of pyridine rings is 2. The van der Waals surface area contributed by atoms with Gasteiger partial charge in [-0.25, -0.2) is 4.98 Å². The molecule has 1 aromatic carbocycles. The number of hydrogen-bond acceptors (Lipinski definition) is 7. The molecule has 10 heteroatoms. The van der Waals surface area contributed by atoms with E-state index < -0.39 is 10.3 Å². The zero-order valence-electron chi connectivity index (χ0n) is 17.0. The van der Waals surface area contributed by atoms with Crippen LogP contribution in [0.25, 0.3) is 11.3 Å². The average Bonchev–Trinajstić information content (AvgIpc) is 2.80. The molecule has 1 aliphatic rings. The molecule has 4 rings (SSSR count). The number of carbonyl (C=O) groups is 1. The summed E-state index contributed by atoms with van der Waals surface area (Å²) in [6.07, 6.45) is 2.86. The number of halogens is 1. The Balaban J connectivity index is 1.63. The van der Waals surface area contributed by atoms with Gasteiger partial charge in [0.25, 0.3) is 5.91 Å². The van der Waals surface area contributed by atoms with Crippen LogP contribution in [-0.4, -0.2) is 48.5 Å². The van der Waals surface area contributed by atoms with Gasteiger partial charge in [0, 0.05) is 30.2 Å². The highest BCUT2D eigenvalue weighted by molar-refractivity contribution is 7.72. The summed E-state index contributed by atoms with van der Waals surface area (Å²) in [6.45, 7) is 2.15.